The molecule has 0 aromatic rings. The molecule has 0 fully saturated rings. The molecule has 0 rings (SSSR count). The van der Waals surface area contributed by atoms with E-state index in [9.17, 15) is 24.2 Å². The lowest BCUT2D eigenvalue weighted by Crippen LogP contribution is -2.29. The maximum Gasteiger partial charge on any atom is 0.472 e. The van der Waals surface area contributed by atoms with Crippen LogP contribution in [0.15, 0.2) is 12.2 Å². The molecular formula is C40H77O10P. The van der Waals surface area contributed by atoms with Gasteiger partial charge in [0.2, 0.25) is 0 Å². The Kier molecular flexibility index (Phi) is 36.1. The second-order valence-electron chi connectivity index (χ2n) is 14.0. The summed E-state index contributed by atoms with van der Waals surface area (Å²) in [4.78, 5) is 34.9. The summed E-state index contributed by atoms with van der Waals surface area (Å²) in [6.07, 6.45) is 33.1. The first-order valence-corrected chi connectivity index (χ1v) is 22.1. The van der Waals surface area contributed by atoms with Gasteiger partial charge in [0.15, 0.2) is 6.10 Å². The first kappa shape index (κ1) is 49.7. The molecule has 10 nitrogen and oxygen atoms in total. The van der Waals surface area contributed by atoms with E-state index in [1.807, 2.05) is 0 Å². The van der Waals surface area contributed by atoms with Crippen molar-refractivity contribution in [2.24, 2.45) is 0 Å². The van der Waals surface area contributed by atoms with Crippen molar-refractivity contribution in [3.8, 4) is 0 Å². The Labute approximate surface area is 311 Å². The van der Waals surface area contributed by atoms with Crippen LogP contribution in [0.1, 0.15) is 194 Å². The topological polar surface area (TPSA) is 149 Å². The number of aliphatic hydroxyl groups is 2. The summed E-state index contributed by atoms with van der Waals surface area (Å²) in [7, 11) is -4.61. The molecule has 0 saturated carbocycles. The molecule has 0 radical (unpaired) electrons. The van der Waals surface area contributed by atoms with Gasteiger partial charge in [-0.05, 0) is 38.5 Å². The van der Waals surface area contributed by atoms with Crippen LogP contribution in [0.4, 0.5) is 0 Å². The van der Waals surface area contributed by atoms with Crippen molar-refractivity contribution >= 4 is 19.8 Å². The van der Waals surface area contributed by atoms with E-state index in [-0.39, 0.29) is 19.4 Å². The molecule has 0 aliphatic heterocycles. The third-order valence-corrected chi connectivity index (χ3v) is 9.87. The number of carbonyl (C=O) groups excluding carboxylic acids is 2. The maximum absolute atomic E-state index is 12.6. The van der Waals surface area contributed by atoms with E-state index in [0.717, 1.165) is 44.9 Å². The summed E-state index contributed by atoms with van der Waals surface area (Å²) in [5.41, 5.74) is 0. The number of unbranched alkanes of at least 4 members (excludes halogenated alkanes) is 23. The summed E-state index contributed by atoms with van der Waals surface area (Å²) in [6.45, 7) is 2.37. The van der Waals surface area contributed by atoms with Gasteiger partial charge < -0.3 is 24.6 Å². The largest absolute Gasteiger partial charge is 0.472 e. The zero-order valence-corrected chi connectivity index (χ0v) is 33.5. The van der Waals surface area contributed by atoms with E-state index in [4.69, 9.17) is 19.1 Å². The third kappa shape index (κ3) is 36.8. The molecule has 51 heavy (non-hydrogen) atoms. The number of esters is 2. The van der Waals surface area contributed by atoms with Gasteiger partial charge in [-0.25, -0.2) is 4.57 Å². The van der Waals surface area contributed by atoms with Crippen LogP contribution in [0, 0.1) is 0 Å². The molecule has 0 aromatic heterocycles. The van der Waals surface area contributed by atoms with Crippen molar-refractivity contribution in [1.82, 2.24) is 0 Å². The van der Waals surface area contributed by atoms with Gasteiger partial charge in [0.1, 0.15) is 12.7 Å². The van der Waals surface area contributed by atoms with E-state index in [1.165, 1.54) is 109 Å². The number of ether oxygens (including phenoxy) is 2. The summed E-state index contributed by atoms with van der Waals surface area (Å²) in [6, 6.07) is 0. The highest BCUT2D eigenvalue weighted by molar-refractivity contribution is 7.47. The molecule has 0 spiro atoms. The highest BCUT2D eigenvalue weighted by Gasteiger charge is 2.27. The minimum Gasteiger partial charge on any atom is -0.462 e. The van der Waals surface area contributed by atoms with Crippen molar-refractivity contribution in [3.05, 3.63) is 12.2 Å². The Morgan fingerprint density at radius 2 is 0.961 bits per heavy atom. The van der Waals surface area contributed by atoms with E-state index < -0.39 is 51.8 Å². The van der Waals surface area contributed by atoms with E-state index >= 15 is 0 Å². The summed E-state index contributed by atoms with van der Waals surface area (Å²) >= 11 is 0. The fraction of sp³-hybridized carbons (Fsp3) is 0.900. The molecule has 0 bridgehead atoms. The van der Waals surface area contributed by atoms with Crippen molar-refractivity contribution in [2.75, 3.05) is 26.4 Å². The number of carbonyl (C=O) groups is 2. The third-order valence-electron chi connectivity index (χ3n) is 8.92. The predicted octanol–water partition coefficient (Wildman–Crippen LogP) is 10.4. The Hall–Kier alpha value is -1.29. The normalized spacial score (nSPS) is 14.1. The number of rotatable bonds is 39. The van der Waals surface area contributed by atoms with Crippen LogP contribution in [0.2, 0.25) is 0 Å². The number of allylic oxidation sites excluding steroid dienone is 2. The molecule has 0 aliphatic rings. The van der Waals surface area contributed by atoms with E-state index in [0.29, 0.717) is 12.8 Å². The minimum atomic E-state index is -4.61. The highest BCUT2D eigenvalue weighted by Crippen LogP contribution is 2.43. The molecule has 302 valence electrons. The monoisotopic (exact) mass is 749 g/mol. The van der Waals surface area contributed by atoms with Gasteiger partial charge in [-0.1, -0.05) is 154 Å². The van der Waals surface area contributed by atoms with Crippen molar-refractivity contribution in [2.45, 2.75) is 206 Å². The number of aliphatic hydroxyl groups excluding tert-OH is 2. The predicted molar refractivity (Wildman–Crippen MR) is 205 cm³/mol. The van der Waals surface area contributed by atoms with Crippen LogP contribution in [-0.4, -0.2) is 65.7 Å². The van der Waals surface area contributed by atoms with Gasteiger partial charge in [-0.3, -0.25) is 18.6 Å². The molecule has 0 heterocycles. The summed E-state index contributed by atoms with van der Waals surface area (Å²) < 4.78 is 32.6. The number of hydrogen-bond acceptors (Lipinski definition) is 9. The molecule has 11 heteroatoms. The van der Waals surface area contributed by atoms with Crippen molar-refractivity contribution in [3.63, 3.8) is 0 Å². The summed E-state index contributed by atoms with van der Waals surface area (Å²) in [5.74, 6) is -0.922. The highest BCUT2D eigenvalue weighted by atomic mass is 31.2. The molecule has 3 atom stereocenters. The molecule has 0 amide bonds. The Bertz CT molecular complexity index is 868. The van der Waals surface area contributed by atoms with Crippen molar-refractivity contribution < 1.29 is 47.8 Å². The Morgan fingerprint density at radius 1 is 0.569 bits per heavy atom. The van der Waals surface area contributed by atoms with Crippen LogP contribution in [-0.2, 0) is 32.7 Å². The fourth-order valence-electron chi connectivity index (χ4n) is 5.69. The van der Waals surface area contributed by atoms with Crippen LogP contribution < -0.4 is 0 Å². The van der Waals surface area contributed by atoms with E-state index in [1.54, 1.807) is 0 Å². The lowest BCUT2D eigenvalue weighted by molar-refractivity contribution is -0.161. The maximum atomic E-state index is 12.6. The molecule has 0 saturated heterocycles. The zero-order chi connectivity index (χ0) is 37.7. The van der Waals surface area contributed by atoms with Crippen LogP contribution >= 0.6 is 7.82 Å². The van der Waals surface area contributed by atoms with Gasteiger partial charge in [-0.15, -0.1) is 0 Å². The Morgan fingerprint density at radius 3 is 1.43 bits per heavy atom. The SMILES string of the molecule is CCCCCCC=CCCCCCCCCCC(=O)OC[C@H](COP(=O)(O)OC[C@@H](O)CO)OC(=O)CCCCCCCCCCCCCCC. The molecule has 3 N–H and O–H groups in total. The molecule has 0 aromatic carbocycles. The minimum absolute atomic E-state index is 0.189. The first-order valence-electron chi connectivity index (χ1n) is 20.6. The number of phosphoric acid groups is 1. The quantitative estimate of drug-likeness (QED) is 0.0240. The van der Waals surface area contributed by atoms with E-state index in [2.05, 4.69) is 30.5 Å². The second kappa shape index (κ2) is 37.0. The van der Waals surface area contributed by atoms with Gasteiger partial charge in [0.25, 0.3) is 0 Å². The zero-order valence-electron chi connectivity index (χ0n) is 32.6. The number of phosphoric ester groups is 1. The van der Waals surface area contributed by atoms with Crippen LogP contribution in [0.25, 0.3) is 0 Å². The second-order valence-corrected chi connectivity index (χ2v) is 15.5. The molecule has 1 unspecified atom stereocenters. The smallest absolute Gasteiger partial charge is 0.462 e. The van der Waals surface area contributed by atoms with Gasteiger partial charge in [0, 0.05) is 12.8 Å². The van der Waals surface area contributed by atoms with Gasteiger partial charge >= 0.3 is 19.8 Å². The average Bonchev–Trinajstić information content (AvgIpc) is 3.12. The lowest BCUT2D eigenvalue weighted by Gasteiger charge is -2.20. The molecular weight excluding hydrogens is 671 g/mol. The fourth-order valence-corrected chi connectivity index (χ4v) is 6.48. The van der Waals surface area contributed by atoms with Crippen LogP contribution in [0.5, 0.6) is 0 Å². The Balaban J connectivity index is 4.30. The van der Waals surface area contributed by atoms with Gasteiger partial charge in [-0.2, -0.15) is 0 Å². The first-order chi connectivity index (χ1) is 24.7. The number of hydrogen-bond donors (Lipinski definition) is 3. The van der Waals surface area contributed by atoms with Gasteiger partial charge in [0.05, 0.1) is 19.8 Å². The van der Waals surface area contributed by atoms with Crippen LogP contribution in [0.3, 0.4) is 0 Å². The molecule has 0 aliphatic carbocycles. The lowest BCUT2D eigenvalue weighted by atomic mass is 10.0. The average molecular weight is 749 g/mol. The standard InChI is InChI=1S/C40H77O10P/c1-3-5-7-9-11-13-15-17-18-20-21-23-25-27-29-31-39(43)47-35-38(36-49-51(45,46)48-34-37(42)33-41)50-40(44)32-30-28-26-24-22-19-16-14-12-10-8-6-4-2/h13,15,37-38,41-42H,3-12,14,16-36H2,1-2H3,(H,45,46)/t37-,38+/m0/s1. The van der Waals surface area contributed by atoms with Crippen molar-refractivity contribution in [1.29, 1.82) is 0 Å². The summed E-state index contributed by atoms with van der Waals surface area (Å²) in [5, 5.41) is 18.3.